The molecule has 3 aromatic rings. The Hall–Kier alpha value is -2.55. The number of hydrogen-bond donors (Lipinski definition) is 2. The largest absolute Gasteiger partial charge is 0.486 e. The second kappa shape index (κ2) is 7.83. The van der Waals surface area contributed by atoms with Gasteiger partial charge in [-0.25, -0.2) is 4.79 Å². The quantitative estimate of drug-likeness (QED) is 0.447. The number of esters is 1. The first-order valence-electron chi connectivity index (χ1n) is 8.33. The van der Waals surface area contributed by atoms with Gasteiger partial charge in [0.1, 0.15) is 18.1 Å². The van der Waals surface area contributed by atoms with Crippen LogP contribution in [0.15, 0.2) is 36.4 Å². The summed E-state index contributed by atoms with van der Waals surface area (Å²) < 4.78 is 16.7. The van der Waals surface area contributed by atoms with Crippen molar-refractivity contribution >= 4 is 67.7 Å². The van der Waals surface area contributed by atoms with Crippen molar-refractivity contribution in [3.63, 3.8) is 0 Å². The van der Waals surface area contributed by atoms with Crippen LogP contribution in [0.1, 0.15) is 9.67 Å². The van der Waals surface area contributed by atoms with Crippen LogP contribution in [-0.2, 0) is 4.74 Å². The second-order valence-corrected chi connectivity index (χ2v) is 7.72. The van der Waals surface area contributed by atoms with Gasteiger partial charge in [0.25, 0.3) is 0 Å². The Balaban J connectivity index is 1.50. The summed E-state index contributed by atoms with van der Waals surface area (Å²) in [4.78, 5) is 12.2. The predicted octanol–water partition coefficient (Wildman–Crippen LogP) is 4.92. The molecule has 0 saturated carbocycles. The molecule has 0 fully saturated rings. The number of hydrogen-bond acceptors (Lipinski definition) is 6. The number of carbonyl (C=O) groups is 1. The summed E-state index contributed by atoms with van der Waals surface area (Å²) in [7, 11) is 1.33. The van der Waals surface area contributed by atoms with Crippen LogP contribution in [0.25, 0.3) is 10.1 Å². The number of rotatable bonds is 3. The molecule has 0 aliphatic carbocycles. The van der Waals surface area contributed by atoms with Gasteiger partial charge in [-0.2, -0.15) is 0 Å². The molecule has 0 unspecified atom stereocenters. The maximum Gasteiger partial charge on any atom is 0.349 e. The molecule has 0 bridgehead atoms. The van der Waals surface area contributed by atoms with Crippen molar-refractivity contribution < 1.29 is 19.0 Å². The summed E-state index contributed by atoms with van der Waals surface area (Å²) in [5, 5.41) is 7.87. The molecule has 2 N–H and O–H groups in total. The Labute approximate surface area is 175 Å². The molecule has 0 radical (unpaired) electrons. The zero-order valence-electron chi connectivity index (χ0n) is 14.7. The number of benzene rings is 2. The Morgan fingerprint density at radius 2 is 1.79 bits per heavy atom. The molecule has 0 spiro atoms. The fraction of sp³-hybridized carbons (Fsp3) is 0.158. The first kappa shape index (κ1) is 18.8. The topological polar surface area (TPSA) is 68.8 Å². The molecule has 2 heterocycles. The van der Waals surface area contributed by atoms with Gasteiger partial charge in [0.2, 0.25) is 0 Å². The van der Waals surface area contributed by atoms with Crippen LogP contribution < -0.4 is 20.1 Å². The predicted molar refractivity (Wildman–Crippen MR) is 115 cm³/mol. The van der Waals surface area contributed by atoms with E-state index in [2.05, 4.69) is 10.6 Å². The Morgan fingerprint density at radius 1 is 1.11 bits per heavy atom. The number of thiophene rings is 1. The van der Waals surface area contributed by atoms with Crippen LogP contribution in [-0.4, -0.2) is 31.4 Å². The van der Waals surface area contributed by atoms with Crippen molar-refractivity contribution in [3.8, 4) is 11.5 Å². The lowest BCUT2D eigenvalue weighted by Crippen LogP contribution is -2.20. The summed E-state index contributed by atoms with van der Waals surface area (Å²) in [6.07, 6.45) is 0. The normalized spacial score (nSPS) is 12.5. The standard InChI is InChI=1S/C19H15ClN2O4S2/c1-24-18(23)17-16(20)12-4-2-11(9-15(12)28-17)22-19(27)21-10-3-5-13-14(8-10)26-7-6-25-13/h2-5,8-9H,6-7H2,1H3,(H2,21,22,27). The first-order chi connectivity index (χ1) is 13.5. The number of thiocarbonyl (C=S) groups is 1. The number of nitrogens with one attached hydrogen (secondary N) is 2. The van der Waals surface area contributed by atoms with E-state index in [1.807, 2.05) is 36.4 Å². The third-order valence-corrected chi connectivity index (χ3v) is 5.90. The number of methoxy groups -OCH3 is 1. The summed E-state index contributed by atoms with van der Waals surface area (Å²) in [6, 6.07) is 11.1. The number of carbonyl (C=O) groups excluding carboxylic acids is 1. The monoisotopic (exact) mass is 434 g/mol. The van der Waals surface area contributed by atoms with Crippen molar-refractivity contribution in [1.29, 1.82) is 0 Å². The van der Waals surface area contributed by atoms with E-state index in [1.165, 1.54) is 18.4 Å². The smallest absolute Gasteiger partial charge is 0.349 e. The molecule has 1 aliphatic heterocycles. The van der Waals surface area contributed by atoms with E-state index < -0.39 is 5.97 Å². The van der Waals surface area contributed by atoms with Gasteiger partial charge in [-0.05, 0) is 42.5 Å². The maximum atomic E-state index is 11.8. The number of fused-ring (bicyclic) bond motifs is 2. The highest BCUT2D eigenvalue weighted by Gasteiger charge is 2.18. The molecule has 2 aromatic carbocycles. The molecule has 144 valence electrons. The molecule has 1 aromatic heterocycles. The van der Waals surface area contributed by atoms with Gasteiger partial charge in [-0.3, -0.25) is 0 Å². The Morgan fingerprint density at radius 3 is 2.54 bits per heavy atom. The van der Waals surface area contributed by atoms with E-state index in [0.717, 1.165) is 27.2 Å². The van der Waals surface area contributed by atoms with Crippen LogP contribution in [0.2, 0.25) is 5.02 Å². The Kier molecular flexibility index (Phi) is 5.25. The Bertz CT molecular complexity index is 1080. The van der Waals surface area contributed by atoms with Gasteiger partial charge in [-0.15, -0.1) is 11.3 Å². The lowest BCUT2D eigenvalue weighted by molar-refractivity contribution is 0.0606. The second-order valence-electron chi connectivity index (χ2n) is 5.89. The SMILES string of the molecule is COC(=O)c1sc2cc(NC(=S)Nc3ccc4c(c3)OCCO4)ccc2c1Cl. The van der Waals surface area contributed by atoms with Gasteiger partial charge in [0, 0.05) is 27.5 Å². The highest BCUT2D eigenvalue weighted by atomic mass is 35.5. The minimum atomic E-state index is -0.448. The van der Waals surface area contributed by atoms with E-state index in [9.17, 15) is 4.79 Å². The molecule has 6 nitrogen and oxygen atoms in total. The summed E-state index contributed by atoms with van der Waals surface area (Å²) in [5.41, 5.74) is 1.56. The van der Waals surface area contributed by atoms with Gasteiger partial charge in [0.05, 0.1) is 12.1 Å². The minimum absolute atomic E-state index is 0.383. The third-order valence-electron chi connectivity index (χ3n) is 4.06. The van der Waals surface area contributed by atoms with Crippen LogP contribution in [0.5, 0.6) is 11.5 Å². The van der Waals surface area contributed by atoms with Crippen molar-refractivity contribution in [2.75, 3.05) is 31.0 Å². The highest BCUT2D eigenvalue weighted by Crippen LogP contribution is 2.37. The lowest BCUT2D eigenvalue weighted by atomic mass is 10.2. The molecule has 28 heavy (non-hydrogen) atoms. The average molecular weight is 435 g/mol. The van der Waals surface area contributed by atoms with Gasteiger partial charge in [-0.1, -0.05) is 11.6 Å². The molecular formula is C19H15ClN2O4S2. The van der Waals surface area contributed by atoms with E-state index in [-0.39, 0.29) is 0 Å². The van der Waals surface area contributed by atoms with Gasteiger partial charge < -0.3 is 24.8 Å². The van der Waals surface area contributed by atoms with Gasteiger partial charge in [0.15, 0.2) is 16.6 Å². The zero-order chi connectivity index (χ0) is 19.7. The van der Waals surface area contributed by atoms with E-state index in [0.29, 0.717) is 34.0 Å². The van der Waals surface area contributed by atoms with E-state index in [1.54, 1.807) is 0 Å². The van der Waals surface area contributed by atoms with Gasteiger partial charge >= 0.3 is 5.97 Å². The molecule has 0 amide bonds. The average Bonchev–Trinajstić information content (AvgIpc) is 3.03. The number of halogens is 1. The lowest BCUT2D eigenvalue weighted by Gasteiger charge is -2.19. The van der Waals surface area contributed by atoms with Crippen molar-refractivity contribution in [1.82, 2.24) is 0 Å². The van der Waals surface area contributed by atoms with Crippen molar-refractivity contribution in [2.45, 2.75) is 0 Å². The fourth-order valence-corrected chi connectivity index (χ4v) is 4.48. The molecule has 9 heteroatoms. The van der Waals surface area contributed by atoms with E-state index in [4.69, 9.17) is 38.0 Å². The van der Waals surface area contributed by atoms with Crippen LogP contribution in [0, 0.1) is 0 Å². The molecule has 1 aliphatic rings. The van der Waals surface area contributed by atoms with Crippen LogP contribution in [0.4, 0.5) is 11.4 Å². The maximum absolute atomic E-state index is 11.8. The van der Waals surface area contributed by atoms with Crippen molar-refractivity contribution in [2.24, 2.45) is 0 Å². The van der Waals surface area contributed by atoms with Crippen LogP contribution in [0.3, 0.4) is 0 Å². The summed E-state index contributed by atoms with van der Waals surface area (Å²) >= 11 is 13.0. The molecule has 0 atom stereocenters. The third kappa shape index (κ3) is 3.71. The molecular weight excluding hydrogens is 420 g/mol. The van der Waals surface area contributed by atoms with E-state index >= 15 is 0 Å². The van der Waals surface area contributed by atoms with Crippen LogP contribution >= 0.6 is 35.2 Å². The fourth-order valence-electron chi connectivity index (χ4n) is 2.78. The molecule has 0 saturated heterocycles. The summed E-state index contributed by atoms with van der Waals surface area (Å²) in [6.45, 7) is 1.07. The first-order valence-corrected chi connectivity index (χ1v) is 9.93. The number of anilines is 2. The number of ether oxygens (including phenoxy) is 3. The summed E-state index contributed by atoms with van der Waals surface area (Å²) in [5.74, 6) is 0.956. The zero-order valence-corrected chi connectivity index (χ0v) is 17.1. The molecule has 4 rings (SSSR count). The minimum Gasteiger partial charge on any atom is -0.486 e. The van der Waals surface area contributed by atoms with Crippen molar-refractivity contribution in [3.05, 3.63) is 46.3 Å². The highest BCUT2D eigenvalue weighted by molar-refractivity contribution is 7.80.